The summed E-state index contributed by atoms with van der Waals surface area (Å²) in [6.45, 7) is 0. The fraction of sp³-hybridized carbons (Fsp3) is 0.100. The molecule has 0 fully saturated rings. The lowest BCUT2D eigenvalue weighted by Gasteiger charge is -1.96. The molecule has 4 heteroatoms. The molecule has 14 heavy (non-hydrogen) atoms. The van der Waals surface area contributed by atoms with Crippen LogP contribution >= 0.6 is 11.6 Å². The average molecular weight is 211 g/mol. The summed E-state index contributed by atoms with van der Waals surface area (Å²) >= 11 is 5.80. The number of hydrogen-bond acceptors (Lipinski definition) is 3. The molecule has 1 aromatic carbocycles. The lowest BCUT2D eigenvalue weighted by atomic mass is 10.1. The highest BCUT2D eigenvalue weighted by Gasteiger charge is 2.27. The van der Waals surface area contributed by atoms with E-state index in [4.69, 9.17) is 21.1 Å². The van der Waals surface area contributed by atoms with Gasteiger partial charge in [-0.2, -0.15) is 0 Å². The molecular weight excluding hydrogens is 204 g/mol. The lowest BCUT2D eigenvalue weighted by Crippen LogP contribution is -2.00. The van der Waals surface area contributed by atoms with Crippen LogP contribution in [0.15, 0.2) is 24.5 Å². The topological polar surface area (TPSA) is 35.5 Å². The third-order valence-electron chi connectivity index (χ3n) is 1.89. The zero-order valence-corrected chi connectivity index (χ0v) is 8.17. The number of benzene rings is 1. The van der Waals surface area contributed by atoms with Crippen LogP contribution in [0.5, 0.6) is 5.75 Å². The number of carbonyl (C=O) groups is 1. The van der Waals surface area contributed by atoms with Crippen LogP contribution in [0.2, 0.25) is 5.02 Å². The number of esters is 1. The van der Waals surface area contributed by atoms with Crippen LogP contribution < -0.4 is 4.74 Å². The molecule has 0 saturated heterocycles. The Morgan fingerprint density at radius 3 is 3.00 bits per heavy atom. The number of ether oxygens (including phenoxy) is 2. The first kappa shape index (κ1) is 9.09. The zero-order chi connectivity index (χ0) is 10.1. The number of fused-ring (bicyclic) bond motifs is 1. The quantitative estimate of drug-likeness (QED) is 0.309. The third-order valence-corrected chi connectivity index (χ3v) is 2.13. The molecule has 3 nitrogen and oxygen atoms in total. The third kappa shape index (κ3) is 1.36. The fourth-order valence-electron chi connectivity index (χ4n) is 1.30. The molecule has 1 heterocycles. The van der Waals surface area contributed by atoms with Gasteiger partial charge in [-0.25, -0.2) is 4.79 Å². The van der Waals surface area contributed by atoms with E-state index >= 15 is 0 Å². The first-order valence-electron chi connectivity index (χ1n) is 3.97. The van der Waals surface area contributed by atoms with Crippen LogP contribution in [0.3, 0.4) is 0 Å². The number of methoxy groups -OCH3 is 1. The summed E-state index contributed by atoms with van der Waals surface area (Å²) in [5.74, 6) is 0.104. The Morgan fingerprint density at radius 1 is 1.50 bits per heavy atom. The van der Waals surface area contributed by atoms with E-state index in [-0.39, 0.29) is 0 Å². The standard InChI is InChI=1S/C10H7ClO3/c1-13-5-8-7-4-6(11)2-3-9(7)14-10(8)12/h2-5H,1H3/b8-5-. The van der Waals surface area contributed by atoms with E-state index in [1.165, 1.54) is 13.4 Å². The van der Waals surface area contributed by atoms with Crippen molar-refractivity contribution in [2.45, 2.75) is 0 Å². The molecule has 0 N–H and O–H groups in total. The van der Waals surface area contributed by atoms with Gasteiger partial charge < -0.3 is 9.47 Å². The van der Waals surface area contributed by atoms with Gasteiger partial charge in [0.25, 0.3) is 0 Å². The van der Waals surface area contributed by atoms with E-state index in [1.54, 1.807) is 18.2 Å². The molecule has 0 aliphatic carbocycles. The van der Waals surface area contributed by atoms with Gasteiger partial charge in [0.1, 0.15) is 11.3 Å². The summed E-state index contributed by atoms with van der Waals surface area (Å²) in [5, 5.41) is 0.559. The van der Waals surface area contributed by atoms with Crippen LogP contribution in [-0.4, -0.2) is 13.1 Å². The maximum atomic E-state index is 11.3. The average Bonchev–Trinajstić information content (AvgIpc) is 2.45. The van der Waals surface area contributed by atoms with E-state index in [1.807, 2.05) is 0 Å². The first-order valence-corrected chi connectivity index (χ1v) is 4.35. The predicted molar refractivity (Wildman–Crippen MR) is 52.1 cm³/mol. The van der Waals surface area contributed by atoms with Gasteiger partial charge >= 0.3 is 5.97 Å². The normalized spacial score (nSPS) is 16.7. The number of halogens is 1. The lowest BCUT2D eigenvalue weighted by molar-refractivity contribution is -0.127. The highest BCUT2D eigenvalue weighted by atomic mass is 35.5. The molecule has 0 spiro atoms. The molecule has 0 bridgehead atoms. The minimum Gasteiger partial charge on any atom is -0.503 e. The molecule has 1 aliphatic rings. The number of carbonyl (C=O) groups excluding carboxylic acids is 1. The molecule has 0 unspecified atom stereocenters. The van der Waals surface area contributed by atoms with Crippen LogP contribution in [-0.2, 0) is 9.53 Å². The summed E-state index contributed by atoms with van der Waals surface area (Å²) in [5.41, 5.74) is 1.06. The van der Waals surface area contributed by atoms with Gasteiger partial charge in [0.2, 0.25) is 0 Å². The van der Waals surface area contributed by atoms with Crippen LogP contribution in [0.1, 0.15) is 5.56 Å². The van der Waals surface area contributed by atoms with E-state index in [9.17, 15) is 4.79 Å². The summed E-state index contributed by atoms with van der Waals surface area (Å²) in [6, 6.07) is 5.00. The Balaban J connectivity index is 2.55. The molecule has 1 aromatic rings. The van der Waals surface area contributed by atoms with Gasteiger partial charge in [0.15, 0.2) is 0 Å². The summed E-state index contributed by atoms with van der Waals surface area (Å²) < 4.78 is 9.77. The molecular formula is C10H7ClO3. The number of hydrogen-bond donors (Lipinski definition) is 0. The van der Waals surface area contributed by atoms with Crippen molar-refractivity contribution in [3.63, 3.8) is 0 Å². The first-order chi connectivity index (χ1) is 6.72. The Bertz CT molecular complexity index is 423. The van der Waals surface area contributed by atoms with Crippen LogP contribution in [0.25, 0.3) is 5.57 Å². The SMILES string of the molecule is CO/C=C1\C(=O)Oc2ccc(Cl)cc21. The van der Waals surface area contributed by atoms with Gasteiger partial charge in [0.05, 0.1) is 13.4 Å². The van der Waals surface area contributed by atoms with Gasteiger partial charge in [-0.15, -0.1) is 0 Å². The van der Waals surface area contributed by atoms with Crippen molar-refractivity contribution in [1.29, 1.82) is 0 Å². The molecule has 0 aromatic heterocycles. The maximum Gasteiger partial charge on any atom is 0.347 e. The Hall–Kier alpha value is -1.48. The molecule has 2 rings (SSSR count). The van der Waals surface area contributed by atoms with Gasteiger partial charge in [-0.05, 0) is 18.2 Å². The molecule has 0 saturated carbocycles. The fourth-order valence-corrected chi connectivity index (χ4v) is 1.47. The summed E-state index contributed by atoms with van der Waals surface area (Å²) in [4.78, 5) is 11.3. The Labute approximate surface area is 85.9 Å². The summed E-state index contributed by atoms with van der Waals surface area (Å²) in [6.07, 6.45) is 1.35. The molecule has 0 amide bonds. The Morgan fingerprint density at radius 2 is 2.29 bits per heavy atom. The van der Waals surface area contributed by atoms with E-state index in [2.05, 4.69) is 0 Å². The smallest absolute Gasteiger partial charge is 0.347 e. The number of rotatable bonds is 1. The Kier molecular flexibility index (Phi) is 2.17. The second-order valence-electron chi connectivity index (χ2n) is 2.80. The van der Waals surface area contributed by atoms with Gasteiger partial charge in [-0.1, -0.05) is 11.6 Å². The summed E-state index contributed by atoms with van der Waals surface area (Å²) in [7, 11) is 1.48. The van der Waals surface area contributed by atoms with E-state index in [0.717, 1.165) is 0 Å². The molecule has 1 aliphatic heterocycles. The van der Waals surface area contributed by atoms with Crippen molar-refractivity contribution < 1.29 is 14.3 Å². The van der Waals surface area contributed by atoms with Crippen molar-refractivity contribution >= 4 is 23.1 Å². The minimum atomic E-state index is -0.413. The molecule has 72 valence electrons. The van der Waals surface area contributed by atoms with Gasteiger partial charge in [-0.3, -0.25) is 0 Å². The van der Waals surface area contributed by atoms with Crippen molar-refractivity contribution in [3.8, 4) is 5.75 Å². The molecule has 0 atom stereocenters. The van der Waals surface area contributed by atoms with Crippen molar-refractivity contribution in [1.82, 2.24) is 0 Å². The second-order valence-corrected chi connectivity index (χ2v) is 3.23. The van der Waals surface area contributed by atoms with Crippen molar-refractivity contribution in [3.05, 3.63) is 35.0 Å². The van der Waals surface area contributed by atoms with Gasteiger partial charge in [0, 0.05) is 10.6 Å². The van der Waals surface area contributed by atoms with Crippen molar-refractivity contribution in [2.75, 3.05) is 7.11 Å². The second kappa shape index (κ2) is 3.35. The van der Waals surface area contributed by atoms with Crippen LogP contribution in [0.4, 0.5) is 0 Å². The highest BCUT2D eigenvalue weighted by molar-refractivity contribution is 6.31. The monoisotopic (exact) mass is 210 g/mol. The molecule has 0 radical (unpaired) electrons. The zero-order valence-electron chi connectivity index (χ0n) is 7.41. The van der Waals surface area contributed by atoms with Crippen molar-refractivity contribution in [2.24, 2.45) is 0 Å². The van der Waals surface area contributed by atoms with Crippen LogP contribution in [0, 0.1) is 0 Å². The van der Waals surface area contributed by atoms with E-state index < -0.39 is 5.97 Å². The highest BCUT2D eigenvalue weighted by Crippen LogP contribution is 2.35. The maximum absolute atomic E-state index is 11.3. The predicted octanol–water partition coefficient (Wildman–Crippen LogP) is 2.25. The largest absolute Gasteiger partial charge is 0.503 e. The van der Waals surface area contributed by atoms with E-state index in [0.29, 0.717) is 21.9 Å². The minimum absolute atomic E-state index is 0.394.